The molecule has 0 radical (unpaired) electrons. The summed E-state index contributed by atoms with van der Waals surface area (Å²) in [7, 11) is 1.85. The quantitative estimate of drug-likeness (QED) is 0.395. The Labute approximate surface area is 184 Å². The van der Waals surface area contributed by atoms with Crippen LogP contribution in [0.4, 0.5) is 5.69 Å². The second-order valence-corrected chi connectivity index (χ2v) is 7.74. The van der Waals surface area contributed by atoms with Gasteiger partial charge in [0.05, 0.1) is 18.6 Å². The van der Waals surface area contributed by atoms with E-state index in [4.69, 9.17) is 9.15 Å². The van der Waals surface area contributed by atoms with Crippen molar-refractivity contribution < 1.29 is 13.9 Å². The van der Waals surface area contributed by atoms with Crippen molar-refractivity contribution in [2.45, 2.75) is 17.3 Å². The highest BCUT2D eigenvalue weighted by molar-refractivity contribution is 8.00. The zero-order valence-corrected chi connectivity index (χ0v) is 18.0. The standard InChI is InChI=1S/C23H22N4O3S/c1-3-29-18-13-8-7-12-17(18)24-22(28)20(16-10-5-4-6-11-16)31-23-26-25-21(27(23)2)19-14-9-15-30-19/h4-15,20H,3H2,1-2H3,(H,24,28). The van der Waals surface area contributed by atoms with Gasteiger partial charge < -0.3 is 19.0 Å². The van der Waals surface area contributed by atoms with E-state index in [1.807, 2.05) is 79.2 Å². The van der Waals surface area contributed by atoms with Crippen LogP contribution in [-0.2, 0) is 11.8 Å². The van der Waals surface area contributed by atoms with E-state index in [2.05, 4.69) is 15.5 Å². The molecule has 0 saturated carbocycles. The second kappa shape index (κ2) is 9.53. The Hall–Kier alpha value is -3.52. The Morgan fingerprint density at radius 1 is 1.10 bits per heavy atom. The molecular weight excluding hydrogens is 412 g/mol. The molecule has 31 heavy (non-hydrogen) atoms. The fourth-order valence-electron chi connectivity index (χ4n) is 3.09. The van der Waals surface area contributed by atoms with Crippen molar-refractivity contribution in [3.05, 3.63) is 78.6 Å². The molecule has 8 heteroatoms. The molecule has 7 nitrogen and oxygen atoms in total. The third kappa shape index (κ3) is 4.64. The van der Waals surface area contributed by atoms with Gasteiger partial charge in [-0.1, -0.05) is 54.2 Å². The van der Waals surface area contributed by atoms with Crippen molar-refractivity contribution in [1.29, 1.82) is 0 Å². The third-order valence-electron chi connectivity index (χ3n) is 4.58. The summed E-state index contributed by atoms with van der Waals surface area (Å²) in [4.78, 5) is 13.4. The normalized spacial score (nSPS) is 11.8. The molecule has 1 unspecified atom stereocenters. The van der Waals surface area contributed by atoms with E-state index in [1.165, 1.54) is 11.8 Å². The lowest BCUT2D eigenvalue weighted by Gasteiger charge is -2.18. The Bertz CT molecular complexity index is 1140. The summed E-state index contributed by atoms with van der Waals surface area (Å²) in [6.45, 7) is 2.42. The van der Waals surface area contributed by atoms with E-state index in [1.54, 1.807) is 12.3 Å². The average molecular weight is 435 g/mol. The van der Waals surface area contributed by atoms with E-state index in [-0.39, 0.29) is 5.91 Å². The van der Waals surface area contributed by atoms with E-state index < -0.39 is 5.25 Å². The van der Waals surface area contributed by atoms with Crippen LogP contribution >= 0.6 is 11.8 Å². The summed E-state index contributed by atoms with van der Waals surface area (Å²) in [5, 5.41) is 11.6. The molecule has 1 atom stereocenters. The minimum absolute atomic E-state index is 0.175. The molecule has 0 aliphatic heterocycles. The Balaban J connectivity index is 1.63. The largest absolute Gasteiger partial charge is 0.492 e. The summed E-state index contributed by atoms with van der Waals surface area (Å²) in [5.74, 6) is 1.68. The molecule has 0 aliphatic carbocycles. The van der Waals surface area contributed by atoms with Gasteiger partial charge in [-0.25, -0.2) is 0 Å². The highest BCUT2D eigenvalue weighted by Gasteiger charge is 2.26. The number of benzene rings is 2. The van der Waals surface area contributed by atoms with Crippen LogP contribution in [0.3, 0.4) is 0 Å². The van der Waals surface area contributed by atoms with Gasteiger partial charge in [-0.15, -0.1) is 10.2 Å². The first kappa shape index (κ1) is 20.7. The first-order valence-electron chi connectivity index (χ1n) is 9.85. The molecule has 2 aromatic heterocycles. The van der Waals surface area contributed by atoms with E-state index >= 15 is 0 Å². The molecule has 4 aromatic rings. The monoisotopic (exact) mass is 434 g/mol. The SMILES string of the molecule is CCOc1ccccc1NC(=O)C(Sc1nnc(-c2ccco2)n1C)c1ccccc1. The van der Waals surface area contributed by atoms with Crippen molar-refractivity contribution in [2.75, 3.05) is 11.9 Å². The number of nitrogens with zero attached hydrogens (tertiary/aromatic N) is 3. The zero-order valence-electron chi connectivity index (χ0n) is 17.2. The van der Waals surface area contributed by atoms with Crippen LogP contribution in [0.15, 0.2) is 82.6 Å². The third-order valence-corrected chi connectivity index (χ3v) is 5.87. The summed E-state index contributed by atoms with van der Waals surface area (Å²) in [6, 6.07) is 20.6. The maximum Gasteiger partial charge on any atom is 0.242 e. The maximum atomic E-state index is 13.4. The fourth-order valence-corrected chi connectivity index (χ4v) is 4.10. The van der Waals surface area contributed by atoms with Gasteiger partial charge in [0, 0.05) is 7.05 Å². The number of para-hydroxylation sites is 2. The number of amides is 1. The number of hydrogen-bond donors (Lipinski definition) is 1. The molecule has 0 spiro atoms. The van der Waals surface area contributed by atoms with Crippen LogP contribution in [0.1, 0.15) is 17.7 Å². The predicted molar refractivity (Wildman–Crippen MR) is 120 cm³/mol. The number of thioether (sulfide) groups is 1. The fraction of sp³-hybridized carbons (Fsp3) is 0.174. The van der Waals surface area contributed by atoms with Crippen LogP contribution < -0.4 is 10.1 Å². The van der Waals surface area contributed by atoms with Crippen molar-refractivity contribution >= 4 is 23.4 Å². The topological polar surface area (TPSA) is 82.2 Å². The number of aromatic nitrogens is 3. The first-order chi connectivity index (χ1) is 15.2. The van der Waals surface area contributed by atoms with Gasteiger partial charge in [-0.3, -0.25) is 4.79 Å². The number of carbonyl (C=O) groups is 1. The van der Waals surface area contributed by atoms with Crippen LogP contribution in [0, 0.1) is 0 Å². The molecule has 0 bridgehead atoms. The van der Waals surface area contributed by atoms with Gasteiger partial charge in [0.25, 0.3) is 0 Å². The van der Waals surface area contributed by atoms with E-state index in [0.29, 0.717) is 34.8 Å². The number of anilines is 1. The molecular formula is C23H22N4O3S. The van der Waals surface area contributed by atoms with Crippen LogP contribution in [0.2, 0.25) is 0 Å². The Kier molecular flexibility index (Phi) is 6.37. The Morgan fingerprint density at radius 3 is 2.61 bits per heavy atom. The first-order valence-corrected chi connectivity index (χ1v) is 10.7. The van der Waals surface area contributed by atoms with Crippen LogP contribution in [0.5, 0.6) is 5.75 Å². The molecule has 158 valence electrons. The summed E-state index contributed by atoms with van der Waals surface area (Å²) < 4.78 is 12.9. The molecule has 1 amide bonds. The number of hydrogen-bond acceptors (Lipinski definition) is 6. The number of nitrogens with one attached hydrogen (secondary N) is 1. The van der Waals surface area contributed by atoms with Gasteiger partial charge in [0.1, 0.15) is 11.0 Å². The second-order valence-electron chi connectivity index (χ2n) is 6.67. The summed E-state index contributed by atoms with van der Waals surface area (Å²) in [5.41, 5.74) is 1.49. The Morgan fingerprint density at radius 2 is 1.87 bits per heavy atom. The van der Waals surface area contributed by atoms with Crippen LogP contribution in [0.25, 0.3) is 11.6 Å². The molecule has 1 N–H and O–H groups in total. The number of rotatable bonds is 8. The lowest BCUT2D eigenvalue weighted by atomic mass is 10.1. The van der Waals surface area contributed by atoms with Crippen molar-refractivity contribution in [3.63, 3.8) is 0 Å². The molecule has 0 fully saturated rings. The van der Waals surface area contributed by atoms with Gasteiger partial charge in [0.15, 0.2) is 16.7 Å². The predicted octanol–water partition coefficient (Wildman–Crippen LogP) is 4.95. The highest BCUT2D eigenvalue weighted by Crippen LogP contribution is 2.37. The van der Waals surface area contributed by atoms with E-state index in [0.717, 1.165) is 5.56 Å². The molecule has 2 aromatic carbocycles. The average Bonchev–Trinajstić information content (AvgIpc) is 3.44. The van der Waals surface area contributed by atoms with Gasteiger partial charge >= 0.3 is 0 Å². The molecule has 2 heterocycles. The van der Waals surface area contributed by atoms with Gasteiger partial charge in [-0.2, -0.15) is 0 Å². The van der Waals surface area contributed by atoms with Crippen LogP contribution in [-0.4, -0.2) is 27.3 Å². The maximum absolute atomic E-state index is 13.4. The number of ether oxygens (including phenoxy) is 1. The number of carbonyl (C=O) groups excluding carboxylic acids is 1. The van der Waals surface area contributed by atoms with Crippen molar-refractivity contribution in [3.8, 4) is 17.3 Å². The summed E-state index contributed by atoms with van der Waals surface area (Å²) >= 11 is 1.33. The summed E-state index contributed by atoms with van der Waals surface area (Å²) in [6.07, 6.45) is 1.59. The molecule has 0 saturated heterocycles. The zero-order chi connectivity index (χ0) is 21.6. The smallest absolute Gasteiger partial charge is 0.242 e. The van der Waals surface area contributed by atoms with Crippen molar-refractivity contribution in [1.82, 2.24) is 14.8 Å². The minimum Gasteiger partial charge on any atom is -0.492 e. The lowest BCUT2D eigenvalue weighted by Crippen LogP contribution is -2.20. The number of furan rings is 1. The minimum atomic E-state index is -0.539. The van der Waals surface area contributed by atoms with Gasteiger partial charge in [-0.05, 0) is 36.8 Å². The van der Waals surface area contributed by atoms with Gasteiger partial charge in [0.2, 0.25) is 5.91 Å². The lowest BCUT2D eigenvalue weighted by molar-refractivity contribution is -0.115. The van der Waals surface area contributed by atoms with E-state index in [9.17, 15) is 4.79 Å². The highest BCUT2D eigenvalue weighted by atomic mass is 32.2. The molecule has 4 rings (SSSR count). The van der Waals surface area contributed by atoms with Crippen molar-refractivity contribution in [2.24, 2.45) is 7.05 Å². The molecule has 0 aliphatic rings.